The minimum atomic E-state index is -0.616. The number of esters is 1. The van der Waals surface area contributed by atoms with Crippen LogP contribution in [0.2, 0.25) is 0 Å². The Hall–Kier alpha value is -1.73. The lowest BCUT2D eigenvalue weighted by atomic mass is 10.3. The number of benzene rings is 1. The number of ether oxygens (including phenoxy) is 1. The van der Waals surface area contributed by atoms with Gasteiger partial charge in [-0.2, -0.15) is 5.26 Å². The van der Waals surface area contributed by atoms with Crippen molar-refractivity contribution >= 4 is 17.7 Å². The molecular weight excluding hydrogens is 222 g/mol. The number of hydrogen-bond acceptors (Lipinski definition) is 4. The molecule has 0 amide bonds. The summed E-state index contributed by atoms with van der Waals surface area (Å²) in [7, 11) is 0. The van der Waals surface area contributed by atoms with E-state index >= 15 is 0 Å². The first-order valence-corrected chi connectivity index (χ1v) is 5.82. The summed E-state index contributed by atoms with van der Waals surface area (Å²) in [5.74, 6) is 0.633. The van der Waals surface area contributed by atoms with E-state index < -0.39 is 5.97 Å². The second kappa shape index (κ2) is 6.70. The molecule has 0 N–H and O–H groups in total. The maximum absolute atomic E-state index is 11.5. The predicted molar refractivity (Wildman–Crippen MR) is 63.9 cm³/mol. The van der Waals surface area contributed by atoms with Gasteiger partial charge in [0.2, 0.25) is 0 Å². The Labute approximate surface area is 98.7 Å². The summed E-state index contributed by atoms with van der Waals surface area (Å²) in [4.78, 5) is 11.5. The van der Waals surface area contributed by atoms with Crippen molar-refractivity contribution in [1.82, 2.24) is 0 Å². The van der Waals surface area contributed by atoms with Gasteiger partial charge in [-0.05, 0) is 23.3 Å². The molecule has 0 radical (unpaired) electrons. The van der Waals surface area contributed by atoms with Crippen molar-refractivity contribution in [2.75, 3.05) is 5.75 Å². The lowest BCUT2D eigenvalue weighted by molar-refractivity contribution is -0.129. The number of nitriles is 1. The summed E-state index contributed by atoms with van der Waals surface area (Å²) < 4.78 is 5.02. The monoisotopic (exact) mass is 233 g/mol. The molecule has 1 rings (SSSR count). The van der Waals surface area contributed by atoms with Crippen LogP contribution in [-0.4, -0.2) is 11.7 Å². The quantitative estimate of drug-likeness (QED) is 0.347. The second-order valence-corrected chi connectivity index (χ2v) is 3.95. The van der Waals surface area contributed by atoms with Gasteiger partial charge >= 0.3 is 5.97 Å². The standard InChI is InChI=1S/C12H11NO2S/c1-2-16-9-10(8-13)12(14)15-11-6-4-3-5-7-11/h3-7,9H,2H2,1H3. The van der Waals surface area contributed by atoms with Crippen LogP contribution in [0.5, 0.6) is 5.75 Å². The van der Waals surface area contributed by atoms with Gasteiger partial charge < -0.3 is 4.74 Å². The van der Waals surface area contributed by atoms with Gasteiger partial charge in [-0.3, -0.25) is 0 Å². The Morgan fingerprint density at radius 3 is 2.75 bits per heavy atom. The smallest absolute Gasteiger partial charge is 0.354 e. The second-order valence-electron chi connectivity index (χ2n) is 2.80. The fraction of sp³-hybridized carbons (Fsp3) is 0.167. The van der Waals surface area contributed by atoms with Crippen LogP contribution < -0.4 is 4.74 Å². The molecule has 0 aromatic heterocycles. The van der Waals surface area contributed by atoms with E-state index in [1.165, 1.54) is 17.2 Å². The van der Waals surface area contributed by atoms with Crippen molar-refractivity contribution < 1.29 is 9.53 Å². The van der Waals surface area contributed by atoms with Crippen LogP contribution >= 0.6 is 11.8 Å². The van der Waals surface area contributed by atoms with Crippen molar-refractivity contribution in [2.24, 2.45) is 0 Å². The van der Waals surface area contributed by atoms with Gasteiger partial charge in [-0.1, -0.05) is 25.1 Å². The van der Waals surface area contributed by atoms with E-state index in [2.05, 4.69) is 0 Å². The summed E-state index contributed by atoms with van der Waals surface area (Å²) in [5.41, 5.74) is 0.0238. The molecule has 0 bridgehead atoms. The van der Waals surface area contributed by atoms with Crippen LogP contribution in [0.3, 0.4) is 0 Å². The number of carbonyl (C=O) groups excluding carboxylic acids is 1. The highest BCUT2D eigenvalue weighted by atomic mass is 32.2. The van der Waals surface area contributed by atoms with Gasteiger partial charge in [0.1, 0.15) is 17.4 Å². The van der Waals surface area contributed by atoms with Gasteiger partial charge in [0, 0.05) is 0 Å². The average Bonchev–Trinajstić information content (AvgIpc) is 2.31. The number of nitrogens with zero attached hydrogens (tertiary/aromatic N) is 1. The van der Waals surface area contributed by atoms with E-state index in [1.807, 2.05) is 19.1 Å². The summed E-state index contributed by atoms with van der Waals surface area (Å²) in [6, 6.07) is 10.5. The number of para-hydroxylation sites is 1. The van der Waals surface area contributed by atoms with E-state index in [9.17, 15) is 4.79 Å². The first-order valence-electron chi connectivity index (χ1n) is 4.77. The highest BCUT2D eigenvalue weighted by Crippen LogP contribution is 2.12. The number of hydrogen-bond donors (Lipinski definition) is 0. The number of rotatable bonds is 4. The molecule has 0 aliphatic heterocycles. The zero-order valence-electron chi connectivity index (χ0n) is 8.84. The highest BCUT2D eigenvalue weighted by Gasteiger charge is 2.10. The maximum atomic E-state index is 11.5. The molecule has 0 spiro atoms. The Kier molecular flexibility index (Phi) is 5.17. The zero-order valence-corrected chi connectivity index (χ0v) is 9.66. The molecule has 82 valence electrons. The van der Waals surface area contributed by atoms with Gasteiger partial charge in [-0.15, -0.1) is 11.8 Å². The molecule has 0 fully saturated rings. The van der Waals surface area contributed by atoms with Crippen molar-refractivity contribution in [1.29, 1.82) is 5.26 Å². The molecule has 0 atom stereocenters. The fourth-order valence-electron chi connectivity index (χ4n) is 0.937. The predicted octanol–water partition coefficient (Wildman–Crippen LogP) is 2.75. The lowest BCUT2D eigenvalue weighted by Crippen LogP contribution is -2.09. The molecular formula is C12H11NO2S. The summed E-state index contributed by atoms with van der Waals surface area (Å²) in [6.45, 7) is 1.94. The lowest BCUT2D eigenvalue weighted by Gasteiger charge is -2.01. The first-order chi connectivity index (χ1) is 7.77. The largest absolute Gasteiger partial charge is 0.422 e. The van der Waals surface area contributed by atoms with Gasteiger partial charge in [0.05, 0.1) is 0 Å². The highest BCUT2D eigenvalue weighted by molar-refractivity contribution is 8.02. The third-order valence-corrected chi connectivity index (χ3v) is 2.40. The van der Waals surface area contributed by atoms with Crippen molar-refractivity contribution in [3.8, 4) is 11.8 Å². The molecule has 0 saturated heterocycles. The molecule has 0 aliphatic rings. The Morgan fingerprint density at radius 2 is 2.19 bits per heavy atom. The third-order valence-electron chi connectivity index (χ3n) is 1.66. The van der Waals surface area contributed by atoms with Crippen LogP contribution in [0.4, 0.5) is 0 Å². The topological polar surface area (TPSA) is 50.1 Å². The summed E-state index contributed by atoms with van der Waals surface area (Å²) in [6.07, 6.45) is 0. The van der Waals surface area contributed by atoms with Gasteiger partial charge in [0.15, 0.2) is 0 Å². The Bertz CT molecular complexity index is 420. The van der Waals surface area contributed by atoms with Crippen LogP contribution in [-0.2, 0) is 4.79 Å². The van der Waals surface area contributed by atoms with E-state index in [1.54, 1.807) is 24.3 Å². The summed E-state index contributed by atoms with van der Waals surface area (Å²) in [5, 5.41) is 10.3. The van der Waals surface area contributed by atoms with Crippen LogP contribution in [0.1, 0.15) is 6.92 Å². The van der Waals surface area contributed by atoms with Crippen molar-refractivity contribution in [3.05, 3.63) is 41.3 Å². The number of carbonyl (C=O) groups is 1. The maximum Gasteiger partial charge on any atom is 0.354 e. The van der Waals surface area contributed by atoms with Crippen LogP contribution in [0.15, 0.2) is 41.3 Å². The van der Waals surface area contributed by atoms with E-state index in [0.717, 1.165) is 5.75 Å². The molecule has 0 heterocycles. The van der Waals surface area contributed by atoms with Crippen molar-refractivity contribution in [3.63, 3.8) is 0 Å². The Morgan fingerprint density at radius 1 is 1.50 bits per heavy atom. The van der Waals surface area contributed by atoms with E-state index in [0.29, 0.717) is 5.75 Å². The SMILES string of the molecule is CCSC=C(C#N)C(=O)Oc1ccccc1. The van der Waals surface area contributed by atoms with Gasteiger partial charge in [-0.25, -0.2) is 4.79 Å². The first kappa shape index (κ1) is 12.3. The summed E-state index contributed by atoms with van der Waals surface area (Å²) >= 11 is 1.39. The van der Waals surface area contributed by atoms with E-state index in [4.69, 9.17) is 10.00 Å². The van der Waals surface area contributed by atoms with Gasteiger partial charge in [0.25, 0.3) is 0 Å². The minimum absolute atomic E-state index is 0.0238. The van der Waals surface area contributed by atoms with E-state index in [-0.39, 0.29) is 5.57 Å². The zero-order chi connectivity index (χ0) is 11.8. The molecule has 1 aromatic rings. The molecule has 4 heteroatoms. The molecule has 0 aliphatic carbocycles. The normalized spacial score (nSPS) is 10.6. The van der Waals surface area contributed by atoms with Crippen LogP contribution in [0, 0.1) is 11.3 Å². The fourth-order valence-corrected chi connectivity index (χ4v) is 1.42. The Balaban J connectivity index is 2.68. The number of thioether (sulfide) groups is 1. The molecule has 0 unspecified atom stereocenters. The van der Waals surface area contributed by atoms with Crippen LogP contribution in [0.25, 0.3) is 0 Å². The molecule has 0 saturated carbocycles. The molecule has 16 heavy (non-hydrogen) atoms. The molecule has 1 aromatic carbocycles. The minimum Gasteiger partial charge on any atom is -0.422 e. The third kappa shape index (κ3) is 3.79. The van der Waals surface area contributed by atoms with Crippen molar-refractivity contribution in [2.45, 2.75) is 6.92 Å². The average molecular weight is 233 g/mol. The molecule has 3 nitrogen and oxygen atoms in total.